The molecular weight excluding hydrogens is 940 g/mol. The quantitative estimate of drug-likeness (QED) is 0.0212. The molecule has 0 aromatic carbocycles. The number of esters is 1. The molecule has 0 aliphatic carbocycles. The summed E-state index contributed by atoms with van der Waals surface area (Å²) in [6, 6.07) is -0.915. The first-order valence-electron chi connectivity index (χ1n) is 29.7. The number of hydrogen-bond acceptors (Lipinski definition) is 7. The van der Waals surface area contributed by atoms with Crippen LogP contribution < -0.4 is 10.2 Å². The molecule has 3 unspecified atom stereocenters. The first-order valence-corrected chi connectivity index (χ1v) is 31.2. The Balaban J connectivity index is 5.38. The van der Waals surface area contributed by atoms with Gasteiger partial charge in [0.15, 0.2) is 0 Å². The summed E-state index contributed by atoms with van der Waals surface area (Å²) in [6.07, 6.45) is 71.9. The van der Waals surface area contributed by atoms with Crippen LogP contribution in [-0.4, -0.2) is 69.4 Å². The minimum atomic E-state index is -4.71. The van der Waals surface area contributed by atoms with Gasteiger partial charge in [-0.05, 0) is 109 Å². The molecule has 0 aromatic heterocycles. The summed E-state index contributed by atoms with van der Waals surface area (Å²) in [7, 11) is 1.14. The van der Waals surface area contributed by atoms with Crippen molar-refractivity contribution in [1.82, 2.24) is 5.32 Å². The van der Waals surface area contributed by atoms with Crippen LogP contribution in [-0.2, 0) is 27.9 Å². The number of unbranched alkanes of at least 4 members (excludes halogenated alkanes) is 20. The molecule has 1 amide bonds. The maximum atomic E-state index is 13.5. The van der Waals surface area contributed by atoms with Gasteiger partial charge in [-0.1, -0.05) is 220 Å². The van der Waals surface area contributed by atoms with Crippen molar-refractivity contribution in [2.24, 2.45) is 0 Å². The van der Waals surface area contributed by atoms with E-state index in [9.17, 15) is 19.0 Å². The van der Waals surface area contributed by atoms with Gasteiger partial charge in [0.1, 0.15) is 19.3 Å². The van der Waals surface area contributed by atoms with Crippen LogP contribution in [0.1, 0.15) is 233 Å². The monoisotopic (exact) mass is 1050 g/mol. The maximum absolute atomic E-state index is 13.5. The van der Waals surface area contributed by atoms with Crippen LogP contribution in [0.15, 0.2) is 109 Å². The number of carbonyl (C=O) groups is 2. The first-order chi connectivity index (χ1) is 35.9. The number of amides is 1. The van der Waals surface area contributed by atoms with Crippen LogP contribution >= 0.6 is 7.82 Å². The van der Waals surface area contributed by atoms with Gasteiger partial charge in [0.2, 0.25) is 5.91 Å². The van der Waals surface area contributed by atoms with Crippen molar-refractivity contribution in [2.45, 2.75) is 245 Å². The molecular formula is C64H111N2O7P. The fraction of sp³-hybridized carbons (Fsp3) is 0.688. The SMILES string of the molecule is CC/C=C\C/C=C\C/C=C\C/C=C\C/C=C\CCCCCCCC(=O)NC(COP(=O)([O-])OCC[N+](C)(C)C)C(/C=C\CCCCCCCCCCCCC)OC(=O)CCCCCC/C=C/C/C=C/C/C=C/CC. The molecule has 0 radical (unpaired) electrons. The lowest BCUT2D eigenvalue weighted by atomic mass is 10.0. The number of phosphoric ester groups is 1. The van der Waals surface area contributed by atoms with E-state index >= 15 is 0 Å². The van der Waals surface area contributed by atoms with Gasteiger partial charge in [-0.3, -0.25) is 14.2 Å². The molecule has 3 atom stereocenters. The summed E-state index contributed by atoms with van der Waals surface area (Å²) in [5, 5.41) is 3.01. The molecule has 0 saturated heterocycles. The number of ether oxygens (including phenoxy) is 1. The van der Waals surface area contributed by atoms with E-state index in [2.05, 4.69) is 123 Å². The van der Waals surface area contributed by atoms with Gasteiger partial charge in [0, 0.05) is 12.8 Å². The number of quaternary nitrogens is 1. The van der Waals surface area contributed by atoms with Gasteiger partial charge in [-0.15, -0.1) is 0 Å². The summed E-state index contributed by atoms with van der Waals surface area (Å²) in [4.78, 5) is 39.9. The van der Waals surface area contributed by atoms with Crippen LogP contribution in [0, 0.1) is 0 Å². The van der Waals surface area contributed by atoms with E-state index in [1.807, 2.05) is 33.3 Å². The fourth-order valence-corrected chi connectivity index (χ4v) is 8.64. The van der Waals surface area contributed by atoms with Crippen LogP contribution in [0.25, 0.3) is 0 Å². The first kappa shape index (κ1) is 70.7. The Morgan fingerprint density at radius 2 is 0.865 bits per heavy atom. The highest BCUT2D eigenvalue weighted by Crippen LogP contribution is 2.38. The Morgan fingerprint density at radius 1 is 0.486 bits per heavy atom. The predicted octanol–water partition coefficient (Wildman–Crippen LogP) is 17.5. The lowest BCUT2D eigenvalue weighted by molar-refractivity contribution is -0.870. The average molecular weight is 1050 g/mol. The van der Waals surface area contributed by atoms with Crippen molar-refractivity contribution >= 4 is 19.7 Å². The molecule has 0 spiro atoms. The second-order valence-corrected chi connectivity index (χ2v) is 22.1. The highest BCUT2D eigenvalue weighted by molar-refractivity contribution is 7.45. The van der Waals surface area contributed by atoms with Crippen molar-refractivity contribution in [3.05, 3.63) is 109 Å². The lowest BCUT2D eigenvalue weighted by Gasteiger charge is -2.30. The third-order valence-corrected chi connectivity index (χ3v) is 13.4. The second kappa shape index (κ2) is 53.1. The normalized spacial score (nSPS) is 14.5. The average Bonchev–Trinajstić information content (AvgIpc) is 3.36. The van der Waals surface area contributed by atoms with Crippen LogP contribution in [0.4, 0.5) is 0 Å². The third kappa shape index (κ3) is 53.5. The molecule has 0 fully saturated rings. The zero-order chi connectivity index (χ0) is 54.3. The highest BCUT2D eigenvalue weighted by atomic mass is 31.2. The van der Waals surface area contributed by atoms with Gasteiger partial charge >= 0.3 is 5.97 Å². The molecule has 0 rings (SSSR count). The summed E-state index contributed by atoms with van der Waals surface area (Å²) in [5.74, 6) is -0.596. The number of nitrogens with zero attached hydrogens (tertiary/aromatic N) is 1. The summed E-state index contributed by atoms with van der Waals surface area (Å²) in [6.45, 7) is 6.57. The summed E-state index contributed by atoms with van der Waals surface area (Å²) in [5.41, 5.74) is 0. The van der Waals surface area contributed by atoms with E-state index in [1.54, 1.807) is 0 Å². The Morgan fingerprint density at radius 3 is 1.30 bits per heavy atom. The predicted molar refractivity (Wildman–Crippen MR) is 316 cm³/mol. The van der Waals surface area contributed by atoms with Gasteiger partial charge in [-0.2, -0.15) is 0 Å². The molecule has 74 heavy (non-hydrogen) atoms. The molecule has 0 aromatic rings. The zero-order valence-corrected chi connectivity index (χ0v) is 49.1. The van der Waals surface area contributed by atoms with Crippen LogP contribution in [0.3, 0.4) is 0 Å². The number of rotatable bonds is 52. The number of allylic oxidation sites excluding steroid dienone is 17. The number of carbonyl (C=O) groups excluding carboxylic acids is 2. The van der Waals surface area contributed by atoms with E-state index < -0.39 is 26.6 Å². The molecule has 0 aliphatic rings. The van der Waals surface area contributed by atoms with E-state index in [4.69, 9.17) is 13.8 Å². The standard InChI is InChI=1S/C64H111N2O7P/c1-7-10-13-16-19-22-25-28-30-31-32-33-34-35-36-38-41-44-47-50-53-56-63(67)65-61(60-72-74(69,70)71-59-58-66(4,5)6)62(55-52-49-46-43-40-37-27-24-21-18-15-12-9-3)73-64(68)57-54-51-48-45-42-39-29-26-23-20-17-14-11-8-2/h10-11,13-14,19-20,22-23,28-30,32-33,35-36,39,52,55,61-62H,7-9,12,15-18,21,24-27,31,34,37-38,40-51,53-54,56-60H2,1-6H3,(H-,65,67,69,70)/b13-10-,14-11+,22-19-,23-20+,30-28-,33-32-,36-35-,39-29+,55-52-. The van der Waals surface area contributed by atoms with Crippen LogP contribution in [0.5, 0.6) is 0 Å². The fourth-order valence-electron chi connectivity index (χ4n) is 7.91. The number of nitrogens with one attached hydrogen (secondary N) is 1. The zero-order valence-electron chi connectivity index (χ0n) is 48.3. The molecule has 424 valence electrons. The molecule has 10 heteroatoms. The van der Waals surface area contributed by atoms with Crippen molar-refractivity contribution in [3.8, 4) is 0 Å². The highest BCUT2D eigenvalue weighted by Gasteiger charge is 2.27. The van der Waals surface area contributed by atoms with Gasteiger partial charge in [-0.25, -0.2) is 0 Å². The molecule has 0 bridgehead atoms. The van der Waals surface area contributed by atoms with Crippen molar-refractivity contribution in [1.29, 1.82) is 0 Å². The van der Waals surface area contributed by atoms with Crippen molar-refractivity contribution < 1.29 is 37.3 Å². The Kier molecular flexibility index (Phi) is 50.7. The largest absolute Gasteiger partial charge is 0.756 e. The van der Waals surface area contributed by atoms with Gasteiger partial charge < -0.3 is 28.5 Å². The Hall–Kier alpha value is -3.33. The Bertz CT molecular complexity index is 1640. The third-order valence-electron chi connectivity index (χ3n) is 12.4. The van der Waals surface area contributed by atoms with Crippen LogP contribution in [0.2, 0.25) is 0 Å². The molecule has 1 N–H and O–H groups in total. The molecule has 0 aliphatic heterocycles. The molecule has 0 heterocycles. The summed E-state index contributed by atoms with van der Waals surface area (Å²) < 4.78 is 30.2. The number of likely N-dealkylation sites (N-methyl/N-ethyl adjacent to an activating group) is 1. The maximum Gasteiger partial charge on any atom is 0.306 e. The topological polar surface area (TPSA) is 114 Å². The van der Waals surface area contributed by atoms with Gasteiger partial charge in [0.25, 0.3) is 7.82 Å². The van der Waals surface area contributed by atoms with Gasteiger partial charge in [0.05, 0.1) is 33.8 Å². The second-order valence-electron chi connectivity index (χ2n) is 20.7. The van der Waals surface area contributed by atoms with E-state index in [1.165, 1.54) is 57.8 Å². The number of hydrogen-bond donors (Lipinski definition) is 1. The smallest absolute Gasteiger partial charge is 0.306 e. The number of phosphoric acid groups is 1. The Labute approximate surface area is 455 Å². The van der Waals surface area contributed by atoms with Crippen molar-refractivity contribution in [2.75, 3.05) is 40.9 Å². The minimum absolute atomic E-state index is 0.0360. The molecule has 0 saturated carbocycles. The van der Waals surface area contributed by atoms with E-state index in [0.717, 1.165) is 128 Å². The van der Waals surface area contributed by atoms with E-state index in [0.29, 0.717) is 23.9 Å². The minimum Gasteiger partial charge on any atom is -0.756 e. The molecule has 9 nitrogen and oxygen atoms in total. The van der Waals surface area contributed by atoms with E-state index in [-0.39, 0.29) is 31.3 Å². The van der Waals surface area contributed by atoms with Crippen molar-refractivity contribution in [3.63, 3.8) is 0 Å². The summed E-state index contributed by atoms with van der Waals surface area (Å²) >= 11 is 0. The lowest BCUT2D eigenvalue weighted by Crippen LogP contribution is -2.47.